The first kappa shape index (κ1) is 11.6. The van der Waals surface area contributed by atoms with Gasteiger partial charge in [-0.25, -0.2) is 0 Å². The number of nitrogens with one attached hydrogen (secondary N) is 1. The predicted molar refractivity (Wildman–Crippen MR) is 65.7 cm³/mol. The zero-order chi connectivity index (χ0) is 11.5. The normalized spacial score (nSPS) is 17.9. The van der Waals surface area contributed by atoms with Crippen LogP contribution in [0.5, 0.6) is 0 Å². The molecule has 0 bridgehead atoms. The Morgan fingerprint density at radius 2 is 1.81 bits per heavy atom. The van der Waals surface area contributed by atoms with Gasteiger partial charge >= 0.3 is 0 Å². The third-order valence-electron chi connectivity index (χ3n) is 3.58. The Hall–Kier alpha value is -0.870. The maximum Gasteiger partial charge on any atom is 0.0625 e. The lowest BCUT2D eigenvalue weighted by Crippen LogP contribution is -2.44. The van der Waals surface area contributed by atoms with Gasteiger partial charge < -0.3 is 5.32 Å². The van der Waals surface area contributed by atoms with E-state index in [4.69, 9.17) is 0 Å². The average molecular weight is 222 g/mol. The average Bonchev–Trinajstić information content (AvgIpc) is 2.56. The van der Waals surface area contributed by atoms with E-state index in [0.29, 0.717) is 0 Å². The van der Waals surface area contributed by atoms with Crippen molar-refractivity contribution in [3.63, 3.8) is 0 Å². The lowest BCUT2D eigenvalue weighted by molar-refractivity contribution is 0.228. The first-order valence-electron chi connectivity index (χ1n) is 6.12. The minimum absolute atomic E-state index is 1.01. The highest BCUT2D eigenvalue weighted by molar-refractivity contribution is 5.22. The van der Waals surface area contributed by atoms with E-state index in [0.717, 1.165) is 45.0 Å². The molecule has 1 aliphatic rings. The molecule has 1 N–H and O–H groups in total. The standard InChI is InChI=1S/C12H22N4/c1-10-11(2)14-16(12(10)3)9-8-15-6-4-13-5-7-15/h13H,4-9H2,1-3H3. The molecule has 0 saturated carbocycles. The molecule has 0 radical (unpaired) electrons. The van der Waals surface area contributed by atoms with Crippen molar-refractivity contribution >= 4 is 0 Å². The second kappa shape index (κ2) is 4.97. The maximum absolute atomic E-state index is 4.57. The molecule has 1 aromatic heterocycles. The fourth-order valence-electron chi connectivity index (χ4n) is 2.18. The minimum atomic E-state index is 1.01. The molecule has 2 heterocycles. The molecule has 0 amide bonds. The van der Waals surface area contributed by atoms with E-state index in [1.807, 2.05) is 0 Å². The summed E-state index contributed by atoms with van der Waals surface area (Å²) in [4.78, 5) is 2.50. The Labute approximate surface area is 97.6 Å². The van der Waals surface area contributed by atoms with Gasteiger partial charge in [0.25, 0.3) is 0 Å². The summed E-state index contributed by atoms with van der Waals surface area (Å²) in [7, 11) is 0. The highest BCUT2D eigenvalue weighted by atomic mass is 15.3. The van der Waals surface area contributed by atoms with Crippen LogP contribution in [0.15, 0.2) is 0 Å². The van der Waals surface area contributed by atoms with Crippen LogP contribution in [-0.2, 0) is 6.54 Å². The van der Waals surface area contributed by atoms with Gasteiger partial charge in [0.2, 0.25) is 0 Å². The number of aryl methyl sites for hydroxylation is 1. The molecule has 16 heavy (non-hydrogen) atoms. The summed E-state index contributed by atoms with van der Waals surface area (Å²) in [6.45, 7) is 13.1. The number of aromatic nitrogens is 2. The van der Waals surface area contributed by atoms with Crippen LogP contribution >= 0.6 is 0 Å². The van der Waals surface area contributed by atoms with Gasteiger partial charge in [-0.3, -0.25) is 9.58 Å². The molecule has 4 nitrogen and oxygen atoms in total. The predicted octanol–water partition coefficient (Wildman–Crippen LogP) is 0.714. The SMILES string of the molecule is Cc1nn(CCN2CCNCC2)c(C)c1C. The monoisotopic (exact) mass is 222 g/mol. The molecular weight excluding hydrogens is 200 g/mol. The van der Waals surface area contributed by atoms with E-state index < -0.39 is 0 Å². The Morgan fingerprint density at radius 1 is 1.12 bits per heavy atom. The highest BCUT2D eigenvalue weighted by Crippen LogP contribution is 2.10. The lowest BCUT2D eigenvalue weighted by atomic mass is 10.2. The zero-order valence-electron chi connectivity index (χ0n) is 10.6. The molecule has 1 fully saturated rings. The number of rotatable bonds is 3. The van der Waals surface area contributed by atoms with Crippen LogP contribution in [0, 0.1) is 20.8 Å². The van der Waals surface area contributed by atoms with Crippen molar-refractivity contribution < 1.29 is 0 Å². The summed E-state index contributed by atoms with van der Waals surface area (Å²) in [6.07, 6.45) is 0. The van der Waals surface area contributed by atoms with E-state index in [-0.39, 0.29) is 0 Å². The molecule has 0 atom stereocenters. The minimum Gasteiger partial charge on any atom is -0.314 e. The van der Waals surface area contributed by atoms with Crippen LogP contribution in [0.3, 0.4) is 0 Å². The van der Waals surface area contributed by atoms with Gasteiger partial charge in [0.1, 0.15) is 0 Å². The van der Waals surface area contributed by atoms with Gasteiger partial charge in [-0.1, -0.05) is 0 Å². The summed E-state index contributed by atoms with van der Waals surface area (Å²) in [6, 6.07) is 0. The Morgan fingerprint density at radius 3 is 2.38 bits per heavy atom. The van der Waals surface area contributed by atoms with Gasteiger partial charge in [0, 0.05) is 38.4 Å². The van der Waals surface area contributed by atoms with Crippen LogP contribution in [0.2, 0.25) is 0 Å². The molecule has 1 aromatic rings. The van der Waals surface area contributed by atoms with Crippen molar-refractivity contribution in [2.45, 2.75) is 27.3 Å². The number of piperazine rings is 1. The highest BCUT2D eigenvalue weighted by Gasteiger charge is 2.11. The number of hydrogen-bond acceptors (Lipinski definition) is 3. The van der Waals surface area contributed by atoms with E-state index >= 15 is 0 Å². The third kappa shape index (κ3) is 2.44. The van der Waals surface area contributed by atoms with Gasteiger partial charge in [-0.05, 0) is 26.3 Å². The summed E-state index contributed by atoms with van der Waals surface area (Å²) < 4.78 is 2.15. The number of hydrogen-bond donors (Lipinski definition) is 1. The van der Waals surface area contributed by atoms with Gasteiger partial charge in [-0.2, -0.15) is 5.10 Å². The molecule has 0 aliphatic carbocycles. The van der Waals surface area contributed by atoms with E-state index in [9.17, 15) is 0 Å². The van der Waals surface area contributed by atoms with Gasteiger partial charge in [0.05, 0.1) is 12.2 Å². The fourth-order valence-corrected chi connectivity index (χ4v) is 2.18. The molecule has 1 aliphatic heterocycles. The van der Waals surface area contributed by atoms with E-state index in [2.05, 4.69) is 40.8 Å². The topological polar surface area (TPSA) is 33.1 Å². The molecule has 1 saturated heterocycles. The van der Waals surface area contributed by atoms with Crippen molar-refractivity contribution in [2.24, 2.45) is 0 Å². The van der Waals surface area contributed by atoms with Crippen molar-refractivity contribution in [1.29, 1.82) is 0 Å². The van der Waals surface area contributed by atoms with Crippen molar-refractivity contribution in [3.05, 3.63) is 17.0 Å². The van der Waals surface area contributed by atoms with Crippen LogP contribution in [-0.4, -0.2) is 47.4 Å². The smallest absolute Gasteiger partial charge is 0.0625 e. The quantitative estimate of drug-likeness (QED) is 0.818. The van der Waals surface area contributed by atoms with E-state index in [1.165, 1.54) is 11.3 Å². The third-order valence-corrected chi connectivity index (χ3v) is 3.58. The Kier molecular flexibility index (Phi) is 3.61. The fraction of sp³-hybridized carbons (Fsp3) is 0.750. The molecular formula is C12H22N4. The van der Waals surface area contributed by atoms with Gasteiger partial charge in [0.15, 0.2) is 0 Å². The first-order chi connectivity index (χ1) is 7.68. The van der Waals surface area contributed by atoms with Crippen LogP contribution in [0.25, 0.3) is 0 Å². The van der Waals surface area contributed by atoms with Crippen molar-refractivity contribution in [1.82, 2.24) is 20.0 Å². The van der Waals surface area contributed by atoms with Crippen LogP contribution in [0.1, 0.15) is 17.0 Å². The van der Waals surface area contributed by atoms with Crippen molar-refractivity contribution in [3.8, 4) is 0 Å². The summed E-state index contributed by atoms with van der Waals surface area (Å²) >= 11 is 0. The second-order valence-corrected chi connectivity index (χ2v) is 4.61. The molecule has 0 aromatic carbocycles. The number of nitrogens with zero attached hydrogens (tertiary/aromatic N) is 3. The lowest BCUT2D eigenvalue weighted by Gasteiger charge is -2.27. The maximum atomic E-state index is 4.57. The first-order valence-corrected chi connectivity index (χ1v) is 6.12. The van der Waals surface area contributed by atoms with Crippen LogP contribution < -0.4 is 5.32 Å². The molecule has 0 spiro atoms. The zero-order valence-corrected chi connectivity index (χ0v) is 10.6. The molecule has 90 valence electrons. The van der Waals surface area contributed by atoms with Crippen molar-refractivity contribution in [2.75, 3.05) is 32.7 Å². The second-order valence-electron chi connectivity index (χ2n) is 4.61. The molecule has 2 rings (SSSR count). The largest absolute Gasteiger partial charge is 0.314 e. The Bertz CT molecular complexity index is 350. The Balaban J connectivity index is 1.91. The summed E-state index contributed by atoms with van der Waals surface area (Å²) in [5, 5.41) is 7.94. The molecule has 0 unspecified atom stereocenters. The van der Waals surface area contributed by atoms with E-state index in [1.54, 1.807) is 0 Å². The van der Waals surface area contributed by atoms with Gasteiger partial charge in [-0.15, -0.1) is 0 Å². The van der Waals surface area contributed by atoms with Crippen LogP contribution in [0.4, 0.5) is 0 Å². The summed E-state index contributed by atoms with van der Waals surface area (Å²) in [5.41, 5.74) is 3.81. The molecule has 4 heteroatoms. The summed E-state index contributed by atoms with van der Waals surface area (Å²) in [5.74, 6) is 0.